The van der Waals surface area contributed by atoms with Crippen LogP contribution < -0.4 is 36.3 Å². The summed E-state index contributed by atoms with van der Waals surface area (Å²) in [4.78, 5) is 8.21. The van der Waals surface area contributed by atoms with Gasteiger partial charge in [-0.3, -0.25) is 0 Å². The molecule has 8 aromatic rings. The third-order valence-corrected chi connectivity index (χ3v) is 20.5. The van der Waals surface area contributed by atoms with E-state index in [2.05, 4.69) is 280 Å². The fourth-order valence-electron chi connectivity index (χ4n) is 13.8. The molecule has 2 unspecified atom stereocenters. The molecule has 0 radical (unpaired) electrons. The fraction of sp³-hybridized carbons (Fsp3) is 0.324. The molecule has 8 aromatic carbocycles. The van der Waals surface area contributed by atoms with Crippen LogP contribution in [0.3, 0.4) is 0 Å². The first-order valence-electron chi connectivity index (χ1n) is 28.3. The summed E-state index contributed by atoms with van der Waals surface area (Å²) in [5.41, 5.74) is 24.1. The Morgan fingerprint density at radius 3 is 1.42 bits per heavy atom. The van der Waals surface area contributed by atoms with E-state index in [9.17, 15) is 0 Å². The first-order chi connectivity index (χ1) is 36.0. The van der Waals surface area contributed by atoms with Gasteiger partial charge in [-0.05, 0) is 140 Å². The summed E-state index contributed by atoms with van der Waals surface area (Å²) >= 11 is 0. The van der Waals surface area contributed by atoms with Crippen molar-refractivity contribution in [2.75, 3.05) is 14.7 Å². The summed E-state index contributed by atoms with van der Waals surface area (Å²) in [7, 11) is -1.63. The Labute approximate surface area is 457 Å². The summed E-state index contributed by atoms with van der Waals surface area (Å²) in [5, 5.41) is 1.55. The summed E-state index contributed by atoms with van der Waals surface area (Å²) < 4.78 is 0. The zero-order valence-electron chi connectivity index (χ0n) is 47.9. The lowest BCUT2D eigenvalue weighted by atomic mass is 9.33. The van der Waals surface area contributed by atoms with Crippen molar-refractivity contribution in [2.45, 2.75) is 149 Å². The second-order valence-corrected chi connectivity index (χ2v) is 32.5. The molecule has 1 aliphatic carbocycles. The van der Waals surface area contributed by atoms with E-state index in [0.717, 1.165) is 6.42 Å². The lowest BCUT2D eigenvalue weighted by Crippen LogP contribution is -2.61. The van der Waals surface area contributed by atoms with Crippen LogP contribution in [0, 0.1) is 0 Å². The van der Waals surface area contributed by atoms with Gasteiger partial charge >= 0.3 is 0 Å². The van der Waals surface area contributed by atoms with Crippen LogP contribution in [-0.4, -0.2) is 20.3 Å². The van der Waals surface area contributed by atoms with Crippen LogP contribution in [0.4, 0.5) is 45.5 Å². The molecular formula is C71H78BN3Si. The Hall–Kier alpha value is -6.56. The maximum Gasteiger partial charge on any atom is 0.252 e. The maximum absolute atomic E-state index is 2.85. The molecule has 0 bridgehead atoms. The van der Waals surface area contributed by atoms with Gasteiger partial charge in [0.1, 0.15) is 0 Å². The summed E-state index contributed by atoms with van der Waals surface area (Å²) in [5.74, 6) is 0. The highest BCUT2D eigenvalue weighted by Gasteiger charge is 2.58. The molecule has 3 aliphatic heterocycles. The molecule has 76 heavy (non-hydrogen) atoms. The first kappa shape index (κ1) is 50.3. The predicted molar refractivity (Wildman–Crippen MR) is 333 cm³/mol. The van der Waals surface area contributed by atoms with E-state index < -0.39 is 8.07 Å². The minimum Gasteiger partial charge on any atom is -0.334 e. The van der Waals surface area contributed by atoms with Gasteiger partial charge in [0.25, 0.3) is 6.71 Å². The highest BCUT2D eigenvalue weighted by atomic mass is 28.3. The number of benzene rings is 8. The maximum atomic E-state index is 2.85. The third-order valence-electron chi connectivity index (χ3n) is 18.4. The number of para-hydroxylation sites is 1. The van der Waals surface area contributed by atoms with Crippen molar-refractivity contribution >= 4 is 81.9 Å². The smallest absolute Gasteiger partial charge is 0.252 e. The quantitative estimate of drug-likeness (QED) is 0.154. The normalized spacial score (nSPS) is 19.0. The molecule has 0 amide bonds. The van der Waals surface area contributed by atoms with Crippen molar-refractivity contribution < 1.29 is 0 Å². The monoisotopic (exact) mass is 1010 g/mol. The van der Waals surface area contributed by atoms with E-state index in [-0.39, 0.29) is 33.9 Å². The van der Waals surface area contributed by atoms with E-state index in [0.29, 0.717) is 0 Å². The number of anilines is 8. The van der Waals surface area contributed by atoms with Crippen LogP contribution in [0.1, 0.15) is 124 Å². The Balaban J connectivity index is 1.24. The van der Waals surface area contributed by atoms with Crippen molar-refractivity contribution in [1.29, 1.82) is 0 Å². The first-order valence-corrected chi connectivity index (χ1v) is 31.8. The van der Waals surface area contributed by atoms with Crippen LogP contribution in [0.15, 0.2) is 170 Å². The third kappa shape index (κ3) is 7.87. The van der Waals surface area contributed by atoms with Gasteiger partial charge < -0.3 is 14.7 Å². The van der Waals surface area contributed by atoms with Crippen LogP contribution in [0.2, 0.25) is 19.6 Å². The van der Waals surface area contributed by atoms with Crippen LogP contribution in [0.25, 0.3) is 22.3 Å². The number of hydrogen-bond acceptors (Lipinski definition) is 3. The molecule has 4 aliphatic rings. The second kappa shape index (κ2) is 17.5. The minimum atomic E-state index is -1.63. The van der Waals surface area contributed by atoms with E-state index in [1.165, 1.54) is 126 Å². The predicted octanol–water partition coefficient (Wildman–Crippen LogP) is 17.3. The Bertz CT molecular complexity index is 3570. The molecule has 0 N–H and O–H groups in total. The summed E-state index contributed by atoms with van der Waals surface area (Å²) in [6.45, 7) is 33.9. The topological polar surface area (TPSA) is 9.72 Å². The zero-order valence-corrected chi connectivity index (χ0v) is 48.9. The molecule has 2 atom stereocenters. The molecule has 3 nitrogen and oxygen atoms in total. The SMILES string of the molecule is CC(C)(C)c1ccc2c(c1)B1c3ccccc3N(c3ccc(C(C)(C)C)cc3-c3ccccc3)c3cc(N4c5ccc([Si](C)(C)C)cc5C5(C)CCCCC45C)cc(c31)N2c1ccc(C(C)(C)C)cc1-c1ccccc1. The van der Waals surface area contributed by atoms with Gasteiger partial charge in [-0.25, -0.2) is 0 Å². The second-order valence-electron chi connectivity index (χ2n) is 27.4. The van der Waals surface area contributed by atoms with Crippen LogP contribution >= 0.6 is 0 Å². The number of rotatable bonds is 6. The molecule has 0 spiro atoms. The molecule has 384 valence electrons. The largest absolute Gasteiger partial charge is 0.334 e. The average Bonchev–Trinajstić information content (AvgIpc) is 3.61. The Kier molecular flexibility index (Phi) is 11.6. The molecular weight excluding hydrogens is 934 g/mol. The average molecular weight is 1010 g/mol. The van der Waals surface area contributed by atoms with Gasteiger partial charge in [0.05, 0.1) is 25.0 Å². The molecule has 0 saturated heterocycles. The van der Waals surface area contributed by atoms with Gasteiger partial charge in [-0.1, -0.05) is 222 Å². The highest BCUT2D eigenvalue weighted by molar-refractivity contribution is 7.00. The number of hydrogen-bond donors (Lipinski definition) is 0. The van der Waals surface area contributed by atoms with Gasteiger partial charge in [0.2, 0.25) is 0 Å². The summed E-state index contributed by atoms with van der Waals surface area (Å²) in [6, 6.07) is 66.7. The van der Waals surface area contributed by atoms with Crippen LogP contribution in [-0.2, 0) is 21.7 Å². The molecule has 5 heteroatoms. The lowest BCUT2D eigenvalue weighted by Gasteiger charge is -2.51. The molecule has 1 fully saturated rings. The molecule has 12 rings (SSSR count). The van der Waals surface area contributed by atoms with Crippen molar-refractivity contribution in [3.05, 3.63) is 192 Å². The van der Waals surface area contributed by atoms with E-state index in [4.69, 9.17) is 0 Å². The number of fused-ring (bicyclic) bond motifs is 7. The molecule has 3 heterocycles. The summed E-state index contributed by atoms with van der Waals surface area (Å²) in [6.07, 6.45) is 4.77. The van der Waals surface area contributed by atoms with E-state index in [1.807, 2.05) is 0 Å². The van der Waals surface area contributed by atoms with Crippen molar-refractivity contribution in [2.24, 2.45) is 0 Å². The van der Waals surface area contributed by atoms with Gasteiger partial charge in [0, 0.05) is 50.7 Å². The van der Waals surface area contributed by atoms with E-state index in [1.54, 1.807) is 5.19 Å². The number of nitrogens with zero attached hydrogens (tertiary/aromatic N) is 3. The highest BCUT2D eigenvalue weighted by Crippen LogP contribution is 2.62. The van der Waals surface area contributed by atoms with Gasteiger partial charge in [0.15, 0.2) is 0 Å². The van der Waals surface area contributed by atoms with Crippen LogP contribution in [0.5, 0.6) is 0 Å². The van der Waals surface area contributed by atoms with Gasteiger partial charge in [-0.15, -0.1) is 0 Å². The fourth-order valence-corrected chi connectivity index (χ4v) is 14.9. The minimum absolute atomic E-state index is 0.0243. The Morgan fingerprint density at radius 1 is 0.434 bits per heavy atom. The van der Waals surface area contributed by atoms with E-state index >= 15 is 0 Å². The molecule has 1 saturated carbocycles. The van der Waals surface area contributed by atoms with Crippen molar-refractivity contribution in [1.82, 2.24) is 0 Å². The standard InChI is InChI=1S/C71H78BN3Si/c1-67(2,3)49-31-35-59(54(41-49)47-25-17-15-18-26-47)73-62-30-22-21-29-57(62)72-58-43-51(69(7,8)9)33-37-63(58)74(60-36-32-50(68(4,5)6)42-55(60)48-27-19-16-20-28-48)65-45-52(44-64(73)66(65)72)75-61-38-34-53(76(12,13)14)46-56(61)70(10)39-23-24-40-71(70,75)11/h15-22,25-38,41-46H,23-24,39-40H2,1-14H3. The Morgan fingerprint density at radius 2 is 0.895 bits per heavy atom. The molecule has 0 aromatic heterocycles. The van der Waals surface area contributed by atoms with Crippen molar-refractivity contribution in [3.8, 4) is 22.3 Å². The lowest BCUT2D eigenvalue weighted by molar-refractivity contribution is 0.195. The zero-order chi connectivity index (χ0) is 53.5. The van der Waals surface area contributed by atoms with Gasteiger partial charge in [-0.2, -0.15) is 0 Å². The van der Waals surface area contributed by atoms with Crippen molar-refractivity contribution in [3.63, 3.8) is 0 Å².